The molecule has 2 saturated carbocycles. The van der Waals surface area contributed by atoms with E-state index >= 15 is 0 Å². The molecule has 21 heavy (non-hydrogen) atoms. The highest BCUT2D eigenvalue weighted by molar-refractivity contribution is 5.81. The van der Waals surface area contributed by atoms with Crippen molar-refractivity contribution in [1.82, 2.24) is 5.32 Å². The molecule has 2 aliphatic rings. The highest BCUT2D eigenvalue weighted by Crippen LogP contribution is 2.56. The van der Waals surface area contributed by atoms with E-state index in [1.54, 1.807) is 6.92 Å². The lowest BCUT2D eigenvalue weighted by Gasteiger charge is -2.44. The van der Waals surface area contributed by atoms with Crippen LogP contribution in [-0.4, -0.2) is 29.1 Å². The number of rotatable bonds is 6. The van der Waals surface area contributed by atoms with E-state index in [4.69, 9.17) is 0 Å². The van der Waals surface area contributed by atoms with E-state index in [-0.39, 0.29) is 18.1 Å². The number of ketones is 1. The van der Waals surface area contributed by atoms with Crippen LogP contribution in [0.2, 0.25) is 0 Å². The average molecular weight is 309 g/mol. The topological polar surface area (TPSA) is 46.2 Å². The van der Waals surface area contributed by atoms with Crippen molar-refractivity contribution in [1.29, 1.82) is 0 Å². The molecule has 0 aromatic carbocycles. The normalized spacial score (nSPS) is 29.1. The van der Waals surface area contributed by atoms with Gasteiger partial charge in [-0.25, -0.2) is 0 Å². The number of halogens is 4. The molecule has 7 heteroatoms. The molecular weight excluding hydrogens is 290 g/mol. The summed E-state index contributed by atoms with van der Waals surface area (Å²) in [6, 6.07) is 0. The summed E-state index contributed by atoms with van der Waals surface area (Å²) < 4.78 is 51.8. The number of Topliss-reactive ketones (excluding diaryl/α,β-unsaturated/α-hetero) is 1. The predicted molar refractivity (Wildman–Crippen MR) is 67.2 cm³/mol. The Morgan fingerprint density at radius 1 is 1.24 bits per heavy atom. The number of nitrogens with one attached hydrogen (secondary N) is 1. The van der Waals surface area contributed by atoms with Gasteiger partial charge in [0, 0.05) is 30.7 Å². The van der Waals surface area contributed by atoms with Gasteiger partial charge < -0.3 is 5.32 Å². The first kappa shape index (κ1) is 16.2. The van der Waals surface area contributed by atoms with Crippen LogP contribution in [0.3, 0.4) is 0 Å². The monoisotopic (exact) mass is 309 g/mol. The van der Waals surface area contributed by atoms with Crippen molar-refractivity contribution >= 4 is 11.7 Å². The third kappa shape index (κ3) is 3.06. The smallest absolute Gasteiger partial charge is 0.313 e. The van der Waals surface area contributed by atoms with E-state index in [1.165, 1.54) is 6.92 Å². The zero-order valence-electron chi connectivity index (χ0n) is 12.0. The Hall–Kier alpha value is -1.14. The fourth-order valence-electron chi connectivity index (χ4n) is 3.06. The van der Waals surface area contributed by atoms with Crippen LogP contribution in [0.1, 0.15) is 46.0 Å². The maximum atomic E-state index is 13.2. The summed E-state index contributed by atoms with van der Waals surface area (Å²) in [5, 5.41) is 2.61. The quantitative estimate of drug-likeness (QED) is 0.767. The van der Waals surface area contributed by atoms with Gasteiger partial charge in [0.2, 0.25) is 5.91 Å². The second kappa shape index (κ2) is 4.95. The largest absolute Gasteiger partial charge is 0.350 e. The minimum atomic E-state index is -4.12. The molecule has 0 spiro atoms. The third-order valence-electron chi connectivity index (χ3n) is 4.45. The number of hydrogen-bond donors (Lipinski definition) is 1. The summed E-state index contributed by atoms with van der Waals surface area (Å²) in [5.74, 6) is -10.4. The molecule has 2 rings (SSSR count). The van der Waals surface area contributed by atoms with Gasteiger partial charge in [0.25, 0.3) is 0 Å². The molecule has 0 radical (unpaired) electrons. The number of amides is 1. The highest BCUT2D eigenvalue weighted by Gasteiger charge is 2.71. The molecule has 0 bridgehead atoms. The van der Waals surface area contributed by atoms with Crippen LogP contribution in [0, 0.1) is 11.8 Å². The molecule has 0 saturated heterocycles. The van der Waals surface area contributed by atoms with E-state index < -0.39 is 42.1 Å². The van der Waals surface area contributed by atoms with Crippen molar-refractivity contribution < 1.29 is 27.2 Å². The Morgan fingerprint density at radius 2 is 1.81 bits per heavy atom. The Balaban J connectivity index is 1.94. The van der Waals surface area contributed by atoms with Crippen molar-refractivity contribution in [3.63, 3.8) is 0 Å². The van der Waals surface area contributed by atoms with Crippen LogP contribution < -0.4 is 5.32 Å². The standard InChI is InChI=1S/C14H19F4NO2/c1-8(20)6-12(2,9-3-4-9)19-11(21)5-10-7-13(15,16)14(10,17)18/h9-10H,3-7H2,1-2H3,(H,19,21). The first-order chi connectivity index (χ1) is 9.48. The lowest BCUT2D eigenvalue weighted by Crippen LogP contribution is -2.60. The van der Waals surface area contributed by atoms with Crippen molar-refractivity contribution in [2.45, 2.75) is 63.3 Å². The SMILES string of the molecule is CC(=O)CC(C)(NC(=O)CC1CC(F)(F)C1(F)F)C1CC1. The first-order valence-corrected chi connectivity index (χ1v) is 7.04. The molecule has 2 unspecified atom stereocenters. The van der Waals surface area contributed by atoms with Gasteiger partial charge in [-0.2, -0.15) is 17.6 Å². The van der Waals surface area contributed by atoms with Gasteiger partial charge in [0.05, 0.1) is 0 Å². The van der Waals surface area contributed by atoms with E-state index in [9.17, 15) is 27.2 Å². The second-order valence-corrected chi connectivity index (χ2v) is 6.55. The molecule has 1 N–H and O–H groups in total. The molecule has 0 aliphatic heterocycles. The molecule has 2 aliphatic carbocycles. The average Bonchev–Trinajstić information content (AvgIpc) is 3.10. The van der Waals surface area contributed by atoms with E-state index in [2.05, 4.69) is 5.32 Å². The van der Waals surface area contributed by atoms with Gasteiger partial charge in [0.1, 0.15) is 5.78 Å². The Bertz CT molecular complexity index is 462. The number of carbonyl (C=O) groups is 2. The van der Waals surface area contributed by atoms with Crippen LogP contribution in [0.25, 0.3) is 0 Å². The summed E-state index contributed by atoms with van der Waals surface area (Å²) in [7, 11) is 0. The van der Waals surface area contributed by atoms with Gasteiger partial charge in [-0.3, -0.25) is 9.59 Å². The molecule has 0 heterocycles. The van der Waals surface area contributed by atoms with Gasteiger partial charge in [-0.15, -0.1) is 0 Å². The fraction of sp³-hybridized carbons (Fsp3) is 0.857. The first-order valence-electron chi connectivity index (χ1n) is 7.04. The van der Waals surface area contributed by atoms with Gasteiger partial charge >= 0.3 is 11.8 Å². The summed E-state index contributed by atoms with van der Waals surface area (Å²) in [6.07, 6.45) is 0.243. The lowest BCUT2D eigenvalue weighted by molar-refractivity contribution is -0.313. The van der Waals surface area contributed by atoms with E-state index in [0.29, 0.717) is 0 Å². The minimum absolute atomic E-state index is 0.106. The van der Waals surface area contributed by atoms with Crippen LogP contribution in [0.5, 0.6) is 0 Å². The second-order valence-electron chi connectivity index (χ2n) is 6.55. The third-order valence-corrected chi connectivity index (χ3v) is 4.45. The van der Waals surface area contributed by atoms with Crippen molar-refractivity contribution in [3.8, 4) is 0 Å². The zero-order valence-corrected chi connectivity index (χ0v) is 12.0. The van der Waals surface area contributed by atoms with Crippen molar-refractivity contribution in [3.05, 3.63) is 0 Å². The molecule has 0 aromatic rings. The van der Waals surface area contributed by atoms with Crippen molar-refractivity contribution in [2.75, 3.05) is 0 Å². The lowest BCUT2D eigenvalue weighted by atomic mass is 9.74. The summed E-state index contributed by atoms with van der Waals surface area (Å²) in [6.45, 7) is 3.10. The van der Waals surface area contributed by atoms with Gasteiger partial charge in [-0.1, -0.05) is 0 Å². The van der Waals surface area contributed by atoms with Gasteiger partial charge in [0.15, 0.2) is 0 Å². The molecule has 1 amide bonds. The molecule has 3 nitrogen and oxygen atoms in total. The van der Waals surface area contributed by atoms with Crippen LogP contribution in [-0.2, 0) is 9.59 Å². The molecule has 2 fully saturated rings. The van der Waals surface area contributed by atoms with E-state index in [0.717, 1.165) is 12.8 Å². The number of alkyl halides is 4. The van der Waals surface area contributed by atoms with Crippen LogP contribution in [0.15, 0.2) is 0 Å². The Morgan fingerprint density at radius 3 is 2.19 bits per heavy atom. The maximum Gasteiger partial charge on any atom is 0.313 e. The van der Waals surface area contributed by atoms with Crippen molar-refractivity contribution in [2.24, 2.45) is 11.8 Å². The Kier molecular flexibility index (Phi) is 3.83. The Labute approximate surface area is 120 Å². The molecule has 120 valence electrons. The summed E-state index contributed by atoms with van der Waals surface area (Å²) in [5.41, 5.74) is -0.759. The van der Waals surface area contributed by atoms with Crippen LogP contribution in [0.4, 0.5) is 17.6 Å². The number of carbonyl (C=O) groups excluding carboxylic acids is 2. The maximum absolute atomic E-state index is 13.2. The molecule has 0 aromatic heterocycles. The molecule has 2 atom stereocenters. The number of hydrogen-bond acceptors (Lipinski definition) is 2. The minimum Gasteiger partial charge on any atom is -0.350 e. The summed E-state index contributed by atoms with van der Waals surface area (Å²) >= 11 is 0. The fourth-order valence-corrected chi connectivity index (χ4v) is 3.06. The molecular formula is C14H19F4NO2. The predicted octanol–water partition coefficient (Wildman–Crippen LogP) is 2.93. The highest BCUT2D eigenvalue weighted by atomic mass is 19.3. The zero-order chi connectivity index (χ0) is 16.1. The van der Waals surface area contributed by atoms with Gasteiger partial charge in [-0.05, 0) is 32.6 Å². The van der Waals surface area contributed by atoms with E-state index in [1.807, 2.05) is 0 Å². The van der Waals surface area contributed by atoms with Crippen LogP contribution >= 0.6 is 0 Å². The summed E-state index contributed by atoms with van der Waals surface area (Å²) in [4.78, 5) is 23.2.